The quantitative estimate of drug-likeness (QED) is 0.912. The van der Waals surface area contributed by atoms with Crippen LogP contribution in [0.1, 0.15) is 23.6 Å². The highest BCUT2D eigenvalue weighted by atomic mass is 32.2. The third kappa shape index (κ3) is 2.72. The summed E-state index contributed by atoms with van der Waals surface area (Å²) in [6, 6.07) is 4.94. The maximum atomic E-state index is 13.3. The number of hydrogen-bond acceptors (Lipinski definition) is 3. The molecule has 2 rings (SSSR count). The highest BCUT2D eigenvalue weighted by Gasteiger charge is 2.33. The van der Waals surface area contributed by atoms with Crippen LogP contribution in [0.5, 0.6) is 0 Å². The van der Waals surface area contributed by atoms with Crippen molar-refractivity contribution in [1.82, 2.24) is 5.32 Å². The fourth-order valence-corrected chi connectivity index (χ4v) is 4.46. The second kappa shape index (κ2) is 4.97. The molecule has 0 aromatic heterocycles. The fourth-order valence-electron chi connectivity index (χ4n) is 2.62. The van der Waals surface area contributed by atoms with Gasteiger partial charge in [0.1, 0.15) is 5.82 Å². The van der Waals surface area contributed by atoms with Crippen molar-refractivity contribution in [3.8, 4) is 0 Å². The predicted octanol–water partition coefficient (Wildman–Crippen LogP) is 1.83. The molecule has 0 aliphatic carbocycles. The Bertz CT molecular complexity index is 542. The van der Waals surface area contributed by atoms with Gasteiger partial charge in [-0.15, -0.1) is 0 Å². The van der Waals surface area contributed by atoms with Gasteiger partial charge >= 0.3 is 0 Å². The summed E-state index contributed by atoms with van der Waals surface area (Å²) in [7, 11) is -1.08. The first kappa shape index (κ1) is 13.5. The van der Waals surface area contributed by atoms with E-state index >= 15 is 0 Å². The standard InChI is InChI=1S/C13H18FNO2S/c1-9-7-10(3-4-12(9)14)13(15-2)11-5-6-18(16,17)8-11/h3-4,7,11,13,15H,5-6,8H2,1-2H3. The van der Waals surface area contributed by atoms with Crippen LogP contribution >= 0.6 is 0 Å². The summed E-state index contributed by atoms with van der Waals surface area (Å²) in [6.07, 6.45) is 0.671. The van der Waals surface area contributed by atoms with Crippen molar-refractivity contribution in [2.45, 2.75) is 19.4 Å². The van der Waals surface area contributed by atoms with Gasteiger partial charge in [-0.25, -0.2) is 12.8 Å². The molecule has 2 unspecified atom stereocenters. The van der Waals surface area contributed by atoms with E-state index in [1.807, 2.05) is 7.05 Å². The third-order valence-corrected chi connectivity index (χ3v) is 5.38. The molecule has 0 spiro atoms. The lowest BCUT2D eigenvalue weighted by Gasteiger charge is -2.23. The highest BCUT2D eigenvalue weighted by Crippen LogP contribution is 2.31. The maximum absolute atomic E-state index is 13.3. The molecular formula is C13H18FNO2S. The van der Waals surface area contributed by atoms with Gasteiger partial charge in [-0.2, -0.15) is 0 Å². The molecule has 3 nitrogen and oxygen atoms in total. The SMILES string of the molecule is CNC(c1ccc(F)c(C)c1)C1CCS(=O)(=O)C1. The minimum absolute atomic E-state index is 0.0263. The van der Waals surface area contributed by atoms with Gasteiger partial charge in [0.05, 0.1) is 11.5 Å². The van der Waals surface area contributed by atoms with Gasteiger partial charge in [-0.3, -0.25) is 0 Å². The van der Waals surface area contributed by atoms with Gasteiger partial charge in [0.2, 0.25) is 0 Å². The monoisotopic (exact) mass is 271 g/mol. The zero-order valence-corrected chi connectivity index (χ0v) is 11.4. The Kier molecular flexibility index (Phi) is 3.73. The lowest BCUT2D eigenvalue weighted by atomic mass is 9.92. The maximum Gasteiger partial charge on any atom is 0.150 e. The second-order valence-electron chi connectivity index (χ2n) is 4.94. The summed E-state index contributed by atoms with van der Waals surface area (Å²) in [6.45, 7) is 1.72. The van der Waals surface area contributed by atoms with Crippen molar-refractivity contribution >= 4 is 9.84 Å². The number of benzene rings is 1. The number of sulfone groups is 1. The molecule has 100 valence electrons. The number of hydrogen-bond donors (Lipinski definition) is 1. The summed E-state index contributed by atoms with van der Waals surface area (Å²) in [5, 5.41) is 3.16. The van der Waals surface area contributed by atoms with E-state index in [1.54, 1.807) is 19.1 Å². The van der Waals surface area contributed by atoms with Crippen LogP contribution in [0.4, 0.5) is 4.39 Å². The average Bonchev–Trinajstić information content (AvgIpc) is 2.65. The van der Waals surface area contributed by atoms with Crippen molar-refractivity contribution < 1.29 is 12.8 Å². The minimum atomic E-state index is -2.89. The molecule has 18 heavy (non-hydrogen) atoms. The largest absolute Gasteiger partial charge is 0.313 e. The fraction of sp³-hybridized carbons (Fsp3) is 0.538. The van der Waals surface area contributed by atoms with Gasteiger partial charge in [0.25, 0.3) is 0 Å². The van der Waals surface area contributed by atoms with Crippen molar-refractivity contribution in [1.29, 1.82) is 0 Å². The first-order valence-corrected chi connectivity index (χ1v) is 7.89. The van der Waals surface area contributed by atoms with E-state index in [2.05, 4.69) is 5.32 Å². The van der Waals surface area contributed by atoms with Crippen LogP contribution in [0, 0.1) is 18.7 Å². The average molecular weight is 271 g/mol. The molecule has 1 aliphatic rings. The molecule has 0 amide bonds. The zero-order chi connectivity index (χ0) is 13.3. The van der Waals surface area contributed by atoms with Gasteiger partial charge in [0, 0.05) is 6.04 Å². The molecule has 1 heterocycles. The second-order valence-corrected chi connectivity index (χ2v) is 7.17. The van der Waals surface area contributed by atoms with Crippen LogP contribution < -0.4 is 5.32 Å². The van der Waals surface area contributed by atoms with E-state index in [-0.39, 0.29) is 29.3 Å². The molecule has 1 saturated heterocycles. The summed E-state index contributed by atoms with van der Waals surface area (Å²) >= 11 is 0. The van der Waals surface area contributed by atoms with E-state index < -0.39 is 9.84 Å². The Hall–Kier alpha value is -0.940. The Morgan fingerprint density at radius 1 is 1.44 bits per heavy atom. The predicted molar refractivity (Wildman–Crippen MR) is 69.7 cm³/mol. The smallest absolute Gasteiger partial charge is 0.150 e. The molecule has 1 aromatic carbocycles. The van der Waals surface area contributed by atoms with E-state index in [1.165, 1.54) is 6.07 Å². The Labute approximate surface area is 107 Å². The number of nitrogens with one attached hydrogen (secondary N) is 1. The zero-order valence-electron chi connectivity index (χ0n) is 10.6. The molecule has 1 N–H and O–H groups in total. The topological polar surface area (TPSA) is 46.2 Å². The number of halogens is 1. The van der Waals surface area contributed by atoms with Crippen molar-refractivity contribution in [3.63, 3.8) is 0 Å². The van der Waals surface area contributed by atoms with E-state index in [0.717, 1.165) is 5.56 Å². The lowest BCUT2D eigenvalue weighted by molar-refractivity contribution is 0.418. The van der Waals surface area contributed by atoms with Gasteiger partial charge in [-0.05, 0) is 43.5 Å². The normalized spacial score (nSPS) is 24.1. The summed E-state index contributed by atoms with van der Waals surface area (Å²) < 4.78 is 36.3. The van der Waals surface area contributed by atoms with Gasteiger partial charge in [-0.1, -0.05) is 12.1 Å². The first-order chi connectivity index (χ1) is 8.43. The van der Waals surface area contributed by atoms with Crippen molar-refractivity contribution in [3.05, 3.63) is 35.1 Å². The molecule has 1 fully saturated rings. The molecule has 0 bridgehead atoms. The molecule has 0 radical (unpaired) electrons. The molecule has 5 heteroatoms. The van der Waals surface area contributed by atoms with E-state index in [0.29, 0.717) is 12.0 Å². The summed E-state index contributed by atoms with van der Waals surface area (Å²) in [5.74, 6) is 0.322. The van der Waals surface area contributed by atoms with Gasteiger partial charge in [0.15, 0.2) is 9.84 Å². The van der Waals surface area contributed by atoms with E-state index in [9.17, 15) is 12.8 Å². The lowest BCUT2D eigenvalue weighted by Crippen LogP contribution is -2.26. The van der Waals surface area contributed by atoms with Gasteiger partial charge < -0.3 is 5.32 Å². The van der Waals surface area contributed by atoms with Crippen LogP contribution in [-0.2, 0) is 9.84 Å². The Balaban J connectivity index is 2.26. The van der Waals surface area contributed by atoms with Crippen LogP contribution in [0.15, 0.2) is 18.2 Å². The van der Waals surface area contributed by atoms with Crippen LogP contribution in [0.3, 0.4) is 0 Å². The van der Waals surface area contributed by atoms with Crippen LogP contribution in [0.25, 0.3) is 0 Å². The summed E-state index contributed by atoms with van der Waals surface area (Å²) in [4.78, 5) is 0. The molecule has 1 aliphatic heterocycles. The van der Waals surface area contributed by atoms with Crippen molar-refractivity contribution in [2.24, 2.45) is 5.92 Å². The first-order valence-electron chi connectivity index (χ1n) is 6.06. The van der Waals surface area contributed by atoms with Crippen LogP contribution in [0.2, 0.25) is 0 Å². The summed E-state index contributed by atoms with van der Waals surface area (Å²) in [5.41, 5.74) is 1.55. The molecule has 0 saturated carbocycles. The van der Waals surface area contributed by atoms with Crippen molar-refractivity contribution in [2.75, 3.05) is 18.6 Å². The van der Waals surface area contributed by atoms with Crippen LogP contribution in [-0.4, -0.2) is 27.0 Å². The molecular weight excluding hydrogens is 253 g/mol. The Morgan fingerprint density at radius 2 is 2.17 bits per heavy atom. The highest BCUT2D eigenvalue weighted by molar-refractivity contribution is 7.91. The minimum Gasteiger partial charge on any atom is -0.313 e. The van der Waals surface area contributed by atoms with E-state index in [4.69, 9.17) is 0 Å². The molecule has 1 aromatic rings. The Morgan fingerprint density at radius 3 is 2.67 bits per heavy atom. The number of aryl methyl sites for hydroxylation is 1. The molecule has 2 atom stereocenters. The number of rotatable bonds is 3. The third-order valence-electron chi connectivity index (χ3n) is 3.59.